The van der Waals surface area contributed by atoms with E-state index >= 15 is 0 Å². The zero-order valence-corrected chi connectivity index (χ0v) is 25.7. The number of allylic oxidation sites excluding steroid dienone is 1. The Hall–Kier alpha value is -4.14. The maximum Gasteiger partial charge on any atom is 0.407 e. The van der Waals surface area contributed by atoms with Crippen molar-refractivity contribution < 1.29 is 28.6 Å². The van der Waals surface area contributed by atoms with Crippen LogP contribution in [0, 0.1) is 11.3 Å². The molecule has 2 fully saturated rings. The summed E-state index contributed by atoms with van der Waals surface area (Å²) in [6.45, 7) is 4.44. The number of fused-ring (bicyclic) bond motifs is 5. The quantitative estimate of drug-likeness (QED) is 0.283. The monoisotopic (exact) mass is 599 g/mol. The Morgan fingerprint density at radius 2 is 1.84 bits per heavy atom. The van der Waals surface area contributed by atoms with Crippen LogP contribution < -0.4 is 10.1 Å². The Bertz CT molecular complexity index is 1590. The van der Waals surface area contributed by atoms with E-state index in [1.807, 2.05) is 38.1 Å². The summed E-state index contributed by atoms with van der Waals surface area (Å²) in [4.78, 5) is 46.9. The largest absolute Gasteiger partial charge is 0.472 e. The maximum atomic E-state index is 14.3. The van der Waals surface area contributed by atoms with Gasteiger partial charge in [-0.1, -0.05) is 75.6 Å². The van der Waals surface area contributed by atoms with Gasteiger partial charge in [0.05, 0.1) is 25.8 Å². The number of esters is 1. The van der Waals surface area contributed by atoms with E-state index < -0.39 is 30.3 Å². The van der Waals surface area contributed by atoms with Crippen molar-refractivity contribution in [1.82, 2.24) is 15.2 Å². The third kappa shape index (κ3) is 6.23. The van der Waals surface area contributed by atoms with Crippen LogP contribution in [0.25, 0.3) is 27.8 Å². The molecule has 1 saturated heterocycles. The summed E-state index contributed by atoms with van der Waals surface area (Å²) in [6.07, 6.45) is 8.67. The number of carbonyl (C=O) groups excluding carboxylic acids is 3. The van der Waals surface area contributed by atoms with Gasteiger partial charge in [0.15, 0.2) is 0 Å². The first-order chi connectivity index (χ1) is 21.2. The fourth-order valence-corrected chi connectivity index (χ4v) is 6.81. The van der Waals surface area contributed by atoms with E-state index in [1.54, 1.807) is 0 Å². The number of alkyl carbamates (subject to hydrolysis) is 1. The highest BCUT2D eigenvalue weighted by Gasteiger charge is 2.46. The molecule has 6 rings (SSSR count). The first kappa shape index (κ1) is 29.9. The molecule has 1 saturated carbocycles. The van der Waals surface area contributed by atoms with Crippen LogP contribution in [0.15, 0.2) is 48.5 Å². The lowest BCUT2D eigenvalue weighted by Gasteiger charge is -2.34. The zero-order valence-electron chi connectivity index (χ0n) is 25.7. The van der Waals surface area contributed by atoms with E-state index in [4.69, 9.17) is 19.2 Å². The highest BCUT2D eigenvalue weighted by molar-refractivity contribution is 6.08. The molecule has 0 radical (unpaired) electrons. The highest BCUT2D eigenvalue weighted by atomic mass is 16.5. The molecule has 1 N–H and O–H groups in total. The highest BCUT2D eigenvalue weighted by Crippen LogP contribution is 2.35. The van der Waals surface area contributed by atoms with E-state index in [0.717, 1.165) is 59.3 Å². The van der Waals surface area contributed by atoms with Gasteiger partial charge in [-0.05, 0) is 48.3 Å². The molecule has 3 atom stereocenters. The minimum atomic E-state index is -0.840. The number of pyridine rings is 1. The molecule has 0 unspecified atom stereocenters. The Labute approximate surface area is 257 Å². The number of nitrogens with one attached hydrogen (secondary N) is 1. The van der Waals surface area contributed by atoms with Gasteiger partial charge in [0.25, 0.3) is 0 Å². The van der Waals surface area contributed by atoms with Gasteiger partial charge in [-0.15, -0.1) is 0 Å². The van der Waals surface area contributed by atoms with Crippen molar-refractivity contribution in [2.45, 2.75) is 77.0 Å². The number of cyclic esters (lactones) is 1. The summed E-state index contributed by atoms with van der Waals surface area (Å²) in [7, 11) is 1.32. The van der Waals surface area contributed by atoms with Gasteiger partial charge in [0.1, 0.15) is 18.2 Å². The average molecular weight is 600 g/mol. The van der Waals surface area contributed by atoms with Crippen LogP contribution in [0.4, 0.5) is 4.79 Å². The summed E-state index contributed by atoms with van der Waals surface area (Å²) >= 11 is 0. The fraction of sp³-hybridized carbons (Fsp3) is 0.486. The molecule has 3 heterocycles. The molecule has 2 aromatic carbocycles. The van der Waals surface area contributed by atoms with Crippen molar-refractivity contribution in [3.63, 3.8) is 0 Å². The van der Waals surface area contributed by atoms with Crippen molar-refractivity contribution in [3.8, 4) is 5.88 Å². The Morgan fingerprint density at radius 1 is 1.05 bits per heavy atom. The van der Waals surface area contributed by atoms with Gasteiger partial charge < -0.3 is 24.4 Å². The number of amides is 2. The number of hydrogen-bond acceptors (Lipinski definition) is 7. The van der Waals surface area contributed by atoms with Crippen LogP contribution in [-0.4, -0.2) is 66.3 Å². The maximum absolute atomic E-state index is 14.3. The molecule has 1 aromatic heterocycles. The van der Waals surface area contributed by atoms with E-state index in [1.165, 1.54) is 12.0 Å². The molecule has 3 aliphatic rings. The topological polar surface area (TPSA) is 107 Å². The summed E-state index contributed by atoms with van der Waals surface area (Å²) in [6, 6.07) is 12.5. The van der Waals surface area contributed by atoms with Crippen LogP contribution in [0.3, 0.4) is 0 Å². The number of carbonyl (C=O) groups is 3. The number of rotatable bonds is 2. The molecule has 9 nitrogen and oxygen atoms in total. The second-order valence-electron chi connectivity index (χ2n) is 13.1. The van der Waals surface area contributed by atoms with Crippen LogP contribution in [0.2, 0.25) is 0 Å². The smallest absolute Gasteiger partial charge is 0.407 e. The van der Waals surface area contributed by atoms with E-state index in [0.29, 0.717) is 12.3 Å². The molecule has 44 heavy (non-hydrogen) atoms. The predicted octanol–water partition coefficient (Wildman–Crippen LogP) is 6.03. The van der Waals surface area contributed by atoms with Crippen molar-refractivity contribution in [2.24, 2.45) is 11.3 Å². The van der Waals surface area contributed by atoms with Crippen LogP contribution >= 0.6 is 0 Å². The zero-order chi connectivity index (χ0) is 30.8. The van der Waals surface area contributed by atoms with Crippen molar-refractivity contribution in [1.29, 1.82) is 0 Å². The fourth-order valence-electron chi connectivity index (χ4n) is 6.81. The normalized spacial score (nSPS) is 25.5. The SMILES string of the molecule is COC(=O)[C@@H]1C[C@@H]2CN1C(=O)[C@H](C1CCCCC1)NC(=O)OCC(C)(C)C/C=C/c1ccc3c(c1)c(nc1ccccc13)O2. The number of benzene rings is 2. The van der Waals surface area contributed by atoms with Crippen molar-refractivity contribution >= 4 is 45.7 Å². The summed E-state index contributed by atoms with van der Waals surface area (Å²) in [5.74, 6) is -0.403. The van der Waals surface area contributed by atoms with Gasteiger partial charge in [0, 0.05) is 22.6 Å². The summed E-state index contributed by atoms with van der Waals surface area (Å²) in [5, 5.41) is 5.80. The standard InChI is InChI=1S/C35H41N3O6/c1-35(2)17-9-10-22-15-16-25-26-13-7-8-14-28(26)36-31(27(25)18-22)44-24-19-29(33(40)42-3)38(20-24)32(39)30(37-34(41)43-21-35)23-11-5-4-6-12-23/h7-10,13-16,18,23-24,29-30H,4-6,11-12,17,19-21H2,1-3H3,(H,37,41)/b10-9+/t24-,29+,30+/m1/s1. The van der Waals surface area contributed by atoms with Crippen LogP contribution in [0.5, 0.6) is 5.88 Å². The first-order valence-corrected chi connectivity index (χ1v) is 15.7. The number of para-hydroxylation sites is 1. The predicted molar refractivity (Wildman–Crippen MR) is 168 cm³/mol. The Kier molecular flexibility index (Phi) is 8.47. The molecule has 3 aromatic rings. The number of nitrogens with zero attached hydrogens (tertiary/aromatic N) is 2. The lowest BCUT2D eigenvalue weighted by molar-refractivity contribution is -0.152. The third-order valence-corrected chi connectivity index (χ3v) is 9.22. The van der Waals surface area contributed by atoms with Gasteiger partial charge >= 0.3 is 12.1 Å². The molecule has 2 amide bonds. The number of hydrogen-bond donors (Lipinski definition) is 1. The Balaban J connectivity index is 1.43. The van der Waals surface area contributed by atoms with Crippen molar-refractivity contribution in [3.05, 3.63) is 54.1 Å². The molecule has 2 aliphatic heterocycles. The van der Waals surface area contributed by atoms with Gasteiger partial charge in [-0.25, -0.2) is 14.6 Å². The van der Waals surface area contributed by atoms with Gasteiger partial charge in [-0.3, -0.25) is 4.79 Å². The molecule has 232 valence electrons. The number of ether oxygens (including phenoxy) is 3. The molecule has 4 bridgehead atoms. The van der Waals surface area contributed by atoms with E-state index in [-0.39, 0.29) is 36.8 Å². The summed E-state index contributed by atoms with van der Waals surface area (Å²) in [5.41, 5.74) is 1.46. The van der Waals surface area contributed by atoms with Crippen molar-refractivity contribution in [2.75, 3.05) is 20.3 Å². The average Bonchev–Trinajstić information content (AvgIpc) is 3.46. The van der Waals surface area contributed by atoms with E-state index in [2.05, 4.69) is 35.7 Å². The Morgan fingerprint density at radius 3 is 2.64 bits per heavy atom. The van der Waals surface area contributed by atoms with Crippen LogP contribution in [-0.2, 0) is 19.1 Å². The molecular formula is C35H41N3O6. The van der Waals surface area contributed by atoms with Gasteiger partial charge in [0.2, 0.25) is 11.8 Å². The molecule has 9 heteroatoms. The summed E-state index contributed by atoms with van der Waals surface area (Å²) < 4.78 is 17.4. The second-order valence-corrected chi connectivity index (χ2v) is 13.1. The van der Waals surface area contributed by atoms with Crippen LogP contribution in [0.1, 0.15) is 64.4 Å². The first-order valence-electron chi connectivity index (χ1n) is 15.7. The lowest BCUT2D eigenvalue weighted by Crippen LogP contribution is -2.55. The number of methoxy groups -OCH3 is 1. The van der Waals surface area contributed by atoms with E-state index in [9.17, 15) is 14.4 Å². The second kappa shape index (κ2) is 12.5. The molecular weight excluding hydrogens is 558 g/mol. The minimum absolute atomic E-state index is 0.0480. The third-order valence-electron chi connectivity index (χ3n) is 9.22. The lowest BCUT2D eigenvalue weighted by atomic mass is 9.83. The molecule has 0 spiro atoms. The minimum Gasteiger partial charge on any atom is -0.472 e. The molecule has 1 aliphatic carbocycles. The van der Waals surface area contributed by atoms with Gasteiger partial charge in [-0.2, -0.15) is 0 Å². The number of aromatic nitrogens is 1.